The summed E-state index contributed by atoms with van der Waals surface area (Å²) in [5.74, 6) is 1.73. The van der Waals surface area contributed by atoms with Crippen LogP contribution in [0.1, 0.15) is 30.0 Å². The highest BCUT2D eigenvalue weighted by Gasteiger charge is 2.41. The van der Waals surface area contributed by atoms with E-state index < -0.39 is 11.0 Å². The number of pyridine rings is 1. The first-order chi connectivity index (χ1) is 19.9. The van der Waals surface area contributed by atoms with Crippen LogP contribution in [0.25, 0.3) is 11.3 Å². The number of carbonyl (C=O) groups is 1. The Bertz CT molecular complexity index is 1580. The quantitative estimate of drug-likeness (QED) is 0.147. The molecule has 210 valence electrons. The number of non-ortho nitro benzene ring substituents is 1. The van der Waals surface area contributed by atoms with Crippen molar-refractivity contribution in [2.75, 3.05) is 26.1 Å². The Labute approximate surface area is 241 Å². The van der Waals surface area contributed by atoms with Gasteiger partial charge >= 0.3 is 0 Å². The average Bonchev–Trinajstić information content (AvgIpc) is 3.60. The highest BCUT2D eigenvalue weighted by atomic mass is 32.1. The van der Waals surface area contributed by atoms with Gasteiger partial charge in [0.2, 0.25) is 5.91 Å². The van der Waals surface area contributed by atoms with E-state index in [1.54, 1.807) is 37.6 Å². The molecule has 0 spiro atoms. The van der Waals surface area contributed by atoms with Gasteiger partial charge in [-0.3, -0.25) is 19.9 Å². The zero-order chi connectivity index (χ0) is 28.9. The summed E-state index contributed by atoms with van der Waals surface area (Å²) in [4.78, 5) is 30.1. The number of hydrogen-bond acceptors (Lipinski definition) is 8. The molecule has 2 N–H and O–H groups in total. The maximum Gasteiger partial charge on any atom is 0.273 e. The Balaban J connectivity index is 1.43. The zero-order valence-corrected chi connectivity index (χ0v) is 23.1. The summed E-state index contributed by atoms with van der Waals surface area (Å²) in [6, 6.07) is 20.0. The molecule has 1 aliphatic heterocycles. The van der Waals surface area contributed by atoms with Crippen molar-refractivity contribution >= 4 is 34.6 Å². The zero-order valence-electron chi connectivity index (χ0n) is 22.3. The number of thiocarbonyl (C=S) groups is 1. The lowest BCUT2D eigenvalue weighted by Gasteiger charge is -2.26. The van der Waals surface area contributed by atoms with Crippen LogP contribution in [0.15, 0.2) is 83.4 Å². The van der Waals surface area contributed by atoms with E-state index in [9.17, 15) is 14.9 Å². The number of rotatable bonds is 10. The highest BCUT2D eigenvalue weighted by molar-refractivity contribution is 7.80. The van der Waals surface area contributed by atoms with Crippen LogP contribution < -0.4 is 20.1 Å². The maximum absolute atomic E-state index is 12.9. The molecule has 41 heavy (non-hydrogen) atoms. The lowest BCUT2D eigenvalue weighted by molar-refractivity contribution is -0.384. The second kappa shape index (κ2) is 12.0. The largest absolute Gasteiger partial charge is 0.496 e. The van der Waals surface area contributed by atoms with Crippen molar-refractivity contribution < 1.29 is 23.6 Å². The molecule has 2 aromatic carbocycles. The SMILES string of the molecule is COc1ccccc1NC(=O)CCN1C(=S)N[C@H](c2ccccn2)[C@@H]1c1ccc(-c2ccc([N+](=O)[O-])cc2OC)o1. The molecule has 0 saturated carbocycles. The van der Waals surface area contributed by atoms with Gasteiger partial charge < -0.3 is 29.4 Å². The molecule has 5 rings (SSSR count). The summed E-state index contributed by atoms with van der Waals surface area (Å²) < 4.78 is 17.1. The van der Waals surface area contributed by atoms with E-state index in [1.807, 2.05) is 41.3 Å². The van der Waals surface area contributed by atoms with E-state index in [-0.39, 0.29) is 24.1 Å². The number of carbonyl (C=O) groups excluding carboxylic acids is 1. The van der Waals surface area contributed by atoms with Crippen molar-refractivity contribution in [2.24, 2.45) is 0 Å². The van der Waals surface area contributed by atoms with Gasteiger partial charge in [-0.25, -0.2) is 0 Å². The Hall–Kier alpha value is -4.97. The third-order valence-electron chi connectivity index (χ3n) is 6.74. The molecule has 4 aromatic rings. The summed E-state index contributed by atoms with van der Waals surface area (Å²) >= 11 is 5.70. The van der Waals surface area contributed by atoms with Crippen LogP contribution in [0.5, 0.6) is 11.5 Å². The number of aromatic nitrogens is 1. The Morgan fingerprint density at radius 1 is 1.10 bits per heavy atom. The molecule has 1 amide bonds. The van der Waals surface area contributed by atoms with Gasteiger partial charge in [0.05, 0.1) is 48.2 Å². The van der Waals surface area contributed by atoms with Crippen LogP contribution in [-0.2, 0) is 4.79 Å². The number of hydrogen-bond donors (Lipinski definition) is 2. The molecule has 0 aliphatic carbocycles. The van der Waals surface area contributed by atoms with Crippen LogP contribution in [0.2, 0.25) is 0 Å². The van der Waals surface area contributed by atoms with Crippen LogP contribution in [-0.4, -0.2) is 46.6 Å². The fourth-order valence-corrected chi connectivity index (χ4v) is 5.12. The molecule has 11 nitrogen and oxygen atoms in total. The third kappa shape index (κ3) is 5.82. The highest BCUT2D eigenvalue weighted by Crippen LogP contribution is 2.42. The number of amides is 1. The second-order valence-electron chi connectivity index (χ2n) is 9.16. The number of nitro groups is 1. The molecular formula is C29H27N5O6S. The minimum Gasteiger partial charge on any atom is -0.496 e. The van der Waals surface area contributed by atoms with Crippen molar-refractivity contribution in [3.05, 3.63) is 101 Å². The van der Waals surface area contributed by atoms with Gasteiger partial charge in [-0.05, 0) is 54.7 Å². The number of ether oxygens (including phenoxy) is 2. The minimum absolute atomic E-state index is 0.0875. The van der Waals surface area contributed by atoms with Gasteiger partial charge in [0.15, 0.2) is 5.11 Å². The van der Waals surface area contributed by atoms with E-state index in [1.165, 1.54) is 19.2 Å². The summed E-state index contributed by atoms with van der Waals surface area (Å²) in [7, 11) is 2.99. The van der Waals surface area contributed by atoms with Crippen molar-refractivity contribution in [3.8, 4) is 22.8 Å². The van der Waals surface area contributed by atoms with Crippen LogP contribution in [0, 0.1) is 10.1 Å². The van der Waals surface area contributed by atoms with Gasteiger partial charge in [0, 0.05) is 25.2 Å². The Morgan fingerprint density at radius 3 is 2.61 bits per heavy atom. The lowest BCUT2D eigenvalue weighted by atomic mass is 10.0. The predicted octanol–water partition coefficient (Wildman–Crippen LogP) is 5.27. The van der Waals surface area contributed by atoms with E-state index in [0.29, 0.717) is 45.9 Å². The minimum atomic E-state index is -0.482. The lowest BCUT2D eigenvalue weighted by Crippen LogP contribution is -2.32. The topological polar surface area (TPSA) is 132 Å². The fourth-order valence-electron chi connectivity index (χ4n) is 4.79. The second-order valence-corrected chi connectivity index (χ2v) is 9.55. The number of anilines is 1. The molecular weight excluding hydrogens is 546 g/mol. The van der Waals surface area contributed by atoms with Gasteiger partial charge in [-0.15, -0.1) is 0 Å². The summed E-state index contributed by atoms with van der Waals surface area (Å²) in [6.07, 6.45) is 1.85. The summed E-state index contributed by atoms with van der Waals surface area (Å²) in [5, 5.41) is 17.9. The molecule has 2 aromatic heterocycles. The number of para-hydroxylation sites is 2. The standard InChI is InChI=1S/C29H27N5O6S/c1-38-23-9-4-3-7-20(23)31-26(35)14-16-33-28(27(32-29(33)41)21-8-5-6-15-30-21)24-13-12-22(40-24)19-11-10-18(34(36)37)17-25(19)39-2/h3-13,15,17,27-28H,14,16H2,1-2H3,(H,31,35)(H,32,41)/t27-,28+/m1/s1. The van der Waals surface area contributed by atoms with E-state index in [0.717, 1.165) is 5.69 Å². The van der Waals surface area contributed by atoms with E-state index in [2.05, 4.69) is 15.6 Å². The first kappa shape index (κ1) is 27.6. The Kier molecular flexibility index (Phi) is 8.11. The number of nitro benzene ring substituents is 1. The number of nitrogens with zero attached hydrogens (tertiary/aromatic N) is 3. The van der Waals surface area contributed by atoms with Gasteiger partial charge in [0.1, 0.15) is 29.1 Å². The summed E-state index contributed by atoms with van der Waals surface area (Å²) in [5.41, 5.74) is 1.81. The number of nitrogens with one attached hydrogen (secondary N) is 2. The van der Waals surface area contributed by atoms with Crippen molar-refractivity contribution in [1.29, 1.82) is 0 Å². The first-order valence-corrected chi connectivity index (χ1v) is 13.1. The van der Waals surface area contributed by atoms with Crippen molar-refractivity contribution in [3.63, 3.8) is 0 Å². The predicted molar refractivity (Wildman–Crippen MR) is 156 cm³/mol. The maximum atomic E-state index is 12.9. The summed E-state index contributed by atoms with van der Waals surface area (Å²) in [6.45, 7) is 0.303. The monoisotopic (exact) mass is 573 g/mol. The first-order valence-electron chi connectivity index (χ1n) is 12.7. The van der Waals surface area contributed by atoms with Crippen LogP contribution in [0.3, 0.4) is 0 Å². The van der Waals surface area contributed by atoms with Crippen molar-refractivity contribution in [2.45, 2.75) is 18.5 Å². The molecule has 0 unspecified atom stereocenters. The molecule has 1 aliphatic rings. The molecule has 12 heteroatoms. The number of methoxy groups -OCH3 is 2. The molecule has 2 atom stereocenters. The number of benzene rings is 2. The number of furan rings is 1. The molecule has 3 heterocycles. The molecule has 1 fully saturated rings. The third-order valence-corrected chi connectivity index (χ3v) is 7.09. The molecule has 0 bridgehead atoms. The van der Waals surface area contributed by atoms with Crippen molar-refractivity contribution in [1.82, 2.24) is 15.2 Å². The van der Waals surface area contributed by atoms with E-state index >= 15 is 0 Å². The van der Waals surface area contributed by atoms with Crippen LogP contribution >= 0.6 is 12.2 Å². The normalized spacial score (nSPS) is 16.2. The molecule has 0 radical (unpaired) electrons. The van der Waals surface area contributed by atoms with Gasteiger partial charge in [-0.2, -0.15) is 0 Å². The molecule has 1 saturated heterocycles. The average molecular weight is 574 g/mol. The smallest absolute Gasteiger partial charge is 0.273 e. The Morgan fingerprint density at radius 2 is 1.88 bits per heavy atom. The van der Waals surface area contributed by atoms with E-state index in [4.69, 9.17) is 26.1 Å². The fraction of sp³-hybridized carbons (Fsp3) is 0.207. The van der Waals surface area contributed by atoms with Gasteiger partial charge in [0.25, 0.3) is 5.69 Å². The van der Waals surface area contributed by atoms with Gasteiger partial charge in [-0.1, -0.05) is 18.2 Å². The van der Waals surface area contributed by atoms with Crippen LogP contribution in [0.4, 0.5) is 11.4 Å².